The van der Waals surface area contributed by atoms with Crippen molar-refractivity contribution in [3.05, 3.63) is 65.7 Å². The number of benzene rings is 2. The van der Waals surface area contributed by atoms with Crippen LogP contribution in [-0.4, -0.2) is 43.5 Å². The third kappa shape index (κ3) is 8.18. The van der Waals surface area contributed by atoms with E-state index < -0.39 is 0 Å². The Kier molecular flexibility index (Phi) is 10.8. The van der Waals surface area contributed by atoms with Crippen molar-refractivity contribution in [3.8, 4) is 5.75 Å². The molecule has 5 nitrogen and oxygen atoms in total. The lowest BCUT2D eigenvalue weighted by Crippen LogP contribution is -2.47. The number of nitrogens with one attached hydrogen (secondary N) is 2. The summed E-state index contributed by atoms with van der Waals surface area (Å²) < 4.78 is 5.73. The summed E-state index contributed by atoms with van der Waals surface area (Å²) in [6.45, 7) is 5.36. The number of piperazine rings is 1. The third-order valence-electron chi connectivity index (χ3n) is 4.24. The van der Waals surface area contributed by atoms with Gasteiger partial charge in [-0.1, -0.05) is 42.5 Å². The lowest BCUT2D eigenvalue weighted by Gasteiger charge is -2.26. The molecular formula is C20H27Cl2N3O2. The van der Waals surface area contributed by atoms with Gasteiger partial charge in [-0.05, 0) is 23.3 Å². The number of halogens is 2. The molecule has 0 unspecified atom stereocenters. The molecule has 2 aromatic rings. The smallest absolute Gasteiger partial charge is 0.234 e. The fraction of sp³-hybridized carbons (Fsp3) is 0.350. The molecule has 1 amide bonds. The summed E-state index contributed by atoms with van der Waals surface area (Å²) >= 11 is 0. The van der Waals surface area contributed by atoms with E-state index >= 15 is 0 Å². The zero-order valence-corrected chi connectivity index (χ0v) is 16.9. The Hall–Kier alpha value is -1.79. The van der Waals surface area contributed by atoms with Gasteiger partial charge in [0, 0.05) is 32.7 Å². The van der Waals surface area contributed by atoms with Gasteiger partial charge < -0.3 is 15.4 Å². The number of para-hydroxylation sites is 1. The van der Waals surface area contributed by atoms with Gasteiger partial charge in [0.2, 0.25) is 5.91 Å². The number of carbonyl (C=O) groups excluding carboxylic acids is 1. The number of hydrogen-bond acceptors (Lipinski definition) is 4. The van der Waals surface area contributed by atoms with Gasteiger partial charge in [0.25, 0.3) is 0 Å². The second kappa shape index (κ2) is 12.6. The van der Waals surface area contributed by atoms with Crippen molar-refractivity contribution in [2.24, 2.45) is 0 Å². The third-order valence-corrected chi connectivity index (χ3v) is 4.24. The molecule has 0 spiro atoms. The summed E-state index contributed by atoms with van der Waals surface area (Å²) in [7, 11) is 0. The van der Waals surface area contributed by atoms with Crippen LogP contribution in [0.3, 0.4) is 0 Å². The van der Waals surface area contributed by atoms with Crippen molar-refractivity contribution in [2.75, 3.05) is 32.7 Å². The van der Waals surface area contributed by atoms with Crippen molar-refractivity contribution < 1.29 is 9.53 Å². The Labute approximate surface area is 173 Å². The fourth-order valence-electron chi connectivity index (χ4n) is 2.77. The van der Waals surface area contributed by atoms with Crippen LogP contribution in [0.4, 0.5) is 0 Å². The van der Waals surface area contributed by atoms with Crippen LogP contribution >= 0.6 is 24.8 Å². The van der Waals surface area contributed by atoms with E-state index in [9.17, 15) is 4.79 Å². The van der Waals surface area contributed by atoms with Gasteiger partial charge >= 0.3 is 0 Å². The fourth-order valence-corrected chi connectivity index (χ4v) is 2.77. The summed E-state index contributed by atoms with van der Waals surface area (Å²) in [5.74, 6) is 0.949. The van der Waals surface area contributed by atoms with Crippen LogP contribution in [0, 0.1) is 0 Å². The Morgan fingerprint density at radius 1 is 0.963 bits per heavy atom. The molecule has 0 saturated carbocycles. The molecule has 0 atom stereocenters. The average molecular weight is 412 g/mol. The quantitative estimate of drug-likeness (QED) is 0.734. The van der Waals surface area contributed by atoms with Crippen LogP contribution in [0.2, 0.25) is 0 Å². The van der Waals surface area contributed by atoms with Crippen molar-refractivity contribution in [3.63, 3.8) is 0 Å². The number of amides is 1. The van der Waals surface area contributed by atoms with Gasteiger partial charge in [-0.3, -0.25) is 9.69 Å². The van der Waals surface area contributed by atoms with Crippen molar-refractivity contribution in [2.45, 2.75) is 13.2 Å². The Morgan fingerprint density at radius 3 is 2.26 bits per heavy atom. The summed E-state index contributed by atoms with van der Waals surface area (Å²) in [6, 6.07) is 17.9. The number of rotatable bonds is 7. The average Bonchev–Trinajstić information content (AvgIpc) is 2.67. The lowest BCUT2D eigenvalue weighted by molar-refractivity contribution is -0.122. The molecule has 148 valence electrons. The van der Waals surface area contributed by atoms with Crippen LogP contribution in [-0.2, 0) is 17.9 Å². The zero-order valence-electron chi connectivity index (χ0n) is 15.2. The minimum absolute atomic E-state index is 0. The first-order valence-electron chi connectivity index (χ1n) is 8.75. The second-order valence-electron chi connectivity index (χ2n) is 6.22. The van der Waals surface area contributed by atoms with Gasteiger partial charge in [-0.15, -0.1) is 24.8 Å². The lowest BCUT2D eigenvalue weighted by atomic mass is 10.1. The molecule has 2 N–H and O–H groups in total. The van der Waals surface area contributed by atoms with Crippen molar-refractivity contribution in [1.29, 1.82) is 0 Å². The summed E-state index contributed by atoms with van der Waals surface area (Å²) in [5.41, 5.74) is 2.21. The van der Waals surface area contributed by atoms with Crippen LogP contribution in [0.5, 0.6) is 5.75 Å². The SMILES string of the molecule is Cl.Cl.O=C(CN1CCNCC1)NCc1ccc(COc2ccccc2)cc1. The number of hydrogen-bond donors (Lipinski definition) is 2. The topological polar surface area (TPSA) is 53.6 Å². The largest absolute Gasteiger partial charge is 0.489 e. The van der Waals surface area contributed by atoms with Gasteiger partial charge in [0.1, 0.15) is 12.4 Å². The normalized spacial score (nSPS) is 13.8. The maximum absolute atomic E-state index is 12.0. The molecule has 1 heterocycles. The first kappa shape index (κ1) is 23.2. The molecule has 27 heavy (non-hydrogen) atoms. The van der Waals surface area contributed by atoms with Gasteiger partial charge in [0.05, 0.1) is 6.54 Å². The van der Waals surface area contributed by atoms with Gasteiger partial charge in [0.15, 0.2) is 0 Å². The highest BCUT2D eigenvalue weighted by molar-refractivity contribution is 5.85. The molecule has 0 radical (unpaired) electrons. The van der Waals surface area contributed by atoms with E-state index in [1.165, 1.54) is 0 Å². The number of carbonyl (C=O) groups is 1. The van der Waals surface area contributed by atoms with Crippen LogP contribution in [0.25, 0.3) is 0 Å². The molecule has 1 saturated heterocycles. The first-order valence-corrected chi connectivity index (χ1v) is 8.75. The number of nitrogens with zero attached hydrogens (tertiary/aromatic N) is 1. The minimum Gasteiger partial charge on any atom is -0.489 e. The highest BCUT2D eigenvalue weighted by Gasteiger charge is 2.12. The zero-order chi connectivity index (χ0) is 17.3. The number of ether oxygens (including phenoxy) is 1. The molecule has 0 aliphatic carbocycles. The van der Waals surface area contributed by atoms with E-state index in [0.717, 1.165) is 43.1 Å². The second-order valence-corrected chi connectivity index (χ2v) is 6.22. The van der Waals surface area contributed by atoms with Crippen LogP contribution < -0.4 is 15.4 Å². The molecule has 1 fully saturated rings. The summed E-state index contributed by atoms with van der Waals surface area (Å²) in [4.78, 5) is 14.2. The minimum atomic E-state index is 0. The highest BCUT2D eigenvalue weighted by atomic mass is 35.5. The predicted molar refractivity (Wildman–Crippen MR) is 113 cm³/mol. The van der Waals surface area contributed by atoms with E-state index in [1.807, 2.05) is 54.6 Å². The first-order chi connectivity index (χ1) is 12.3. The maximum Gasteiger partial charge on any atom is 0.234 e. The Balaban J connectivity index is 0.00000182. The van der Waals surface area contributed by atoms with Gasteiger partial charge in [-0.25, -0.2) is 0 Å². The summed E-state index contributed by atoms with van der Waals surface area (Å²) in [5, 5.41) is 6.28. The van der Waals surface area contributed by atoms with Crippen LogP contribution in [0.15, 0.2) is 54.6 Å². The molecule has 0 bridgehead atoms. The molecule has 3 rings (SSSR count). The van der Waals surface area contributed by atoms with E-state index in [-0.39, 0.29) is 30.7 Å². The van der Waals surface area contributed by atoms with Crippen molar-refractivity contribution in [1.82, 2.24) is 15.5 Å². The molecule has 2 aromatic carbocycles. The predicted octanol–water partition coefficient (Wildman–Crippen LogP) is 2.63. The Morgan fingerprint density at radius 2 is 1.59 bits per heavy atom. The van der Waals surface area contributed by atoms with E-state index in [0.29, 0.717) is 19.7 Å². The van der Waals surface area contributed by atoms with Crippen LogP contribution in [0.1, 0.15) is 11.1 Å². The molecule has 1 aliphatic rings. The molecule has 0 aromatic heterocycles. The standard InChI is InChI=1S/C20H25N3O2.2ClH/c24-20(15-23-12-10-21-11-13-23)22-14-17-6-8-18(9-7-17)16-25-19-4-2-1-3-5-19;;/h1-9,21H,10-16H2,(H,22,24);2*1H. The van der Waals surface area contributed by atoms with E-state index in [2.05, 4.69) is 15.5 Å². The molecule has 7 heteroatoms. The molecular weight excluding hydrogens is 385 g/mol. The highest BCUT2D eigenvalue weighted by Crippen LogP contribution is 2.12. The van der Waals surface area contributed by atoms with E-state index in [1.54, 1.807) is 0 Å². The summed E-state index contributed by atoms with van der Waals surface area (Å²) in [6.07, 6.45) is 0. The Bertz CT molecular complexity index is 663. The van der Waals surface area contributed by atoms with E-state index in [4.69, 9.17) is 4.74 Å². The maximum atomic E-state index is 12.0. The monoisotopic (exact) mass is 411 g/mol. The van der Waals surface area contributed by atoms with Crippen molar-refractivity contribution >= 4 is 30.7 Å². The molecule has 1 aliphatic heterocycles. The van der Waals surface area contributed by atoms with Gasteiger partial charge in [-0.2, -0.15) is 0 Å².